The van der Waals surface area contributed by atoms with E-state index in [1.807, 2.05) is 22.4 Å². The van der Waals surface area contributed by atoms with Crippen LogP contribution in [0.4, 0.5) is 5.13 Å². The van der Waals surface area contributed by atoms with Crippen LogP contribution in [-0.2, 0) is 11.3 Å². The first-order valence-electron chi connectivity index (χ1n) is 9.57. The summed E-state index contributed by atoms with van der Waals surface area (Å²) in [4.78, 5) is 19.9. The van der Waals surface area contributed by atoms with Gasteiger partial charge in [-0.05, 0) is 31.9 Å². The molecule has 0 aliphatic heterocycles. The summed E-state index contributed by atoms with van der Waals surface area (Å²) in [7, 11) is 0. The second kappa shape index (κ2) is 8.09. The zero-order valence-electron chi connectivity index (χ0n) is 15.6. The lowest BCUT2D eigenvalue weighted by atomic mass is 9.88. The largest absolute Gasteiger partial charge is 0.467 e. The Morgan fingerprint density at radius 1 is 1.19 bits per heavy atom. The molecule has 4 rings (SSSR count). The minimum atomic E-state index is 0.0976. The fourth-order valence-electron chi connectivity index (χ4n) is 3.61. The van der Waals surface area contributed by atoms with E-state index in [2.05, 4.69) is 31.2 Å². The smallest absolute Gasteiger partial charge is 0.232 e. The minimum absolute atomic E-state index is 0.0976. The molecule has 0 atom stereocenters. The van der Waals surface area contributed by atoms with E-state index >= 15 is 0 Å². The van der Waals surface area contributed by atoms with Crippen molar-refractivity contribution < 1.29 is 9.21 Å². The molecule has 27 heavy (non-hydrogen) atoms. The van der Waals surface area contributed by atoms with Gasteiger partial charge in [-0.15, -0.1) is 11.3 Å². The van der Waals surface area contributed by atoms with Crippen LogP contribution in [0.3, 0.4) is 0 Å². The Labute approximate surface area is 163 Å². The summed E-state index contributed by atoms with van der Waals surface area (Å²) >= 11 is 1.52. The number of amides is 1. The molecule has 1 saturated carbocycles. The summed E-state index contributed by atoms with van der Waals surface area (Å²) in [6.45, 7) is 2.51. The van der Waals surface area contributed by atoms with Gasteiger partial charge in [-0.1, -0.05) is 49.1 Å². The van der Waals surface area contributed by atoms with Crippen LogP contribution < -0.4 is 4.90 Å². The van der Waals surface area contributed by atoms with Gasteiger partial charge in [-0.3, -0.25) is 9.69 Å². The van der Waals surface area contributed by atoms with Gasteiger partial charge >= 0.3 is 0 Å². The molecule has 1 aromatic carbocycles. The van der Waals surface area contributed by atoms with Gasteiger partial charge in [0.05, 0.1) is 18.5 Å². The van der Waals surface area contributed by atoms with Crippen molar-refractivity contribution >= 4 is 22.4 Å². The van der Waals surface area contributed by atoms with Gasteiger partial charge < -0.3 is 4.42 Å². The number of hydrogen-bond donors (Lipinski definition) is 0. The zero-order chi connectivity index (χ0) is 18.6. The van der Waals surface area contributed by atoms with Gasteiger partial charge in [-0.2, -0.15) is 0 Å². The summed E-state index contributed by atoms with van der Waals surface area (Å²) in [5, 5.41) is 2.78. The number of carbonyl (C=O) groups excluding carboxylic acids is 1. The van der Waals surface area contributed by atoms with Crippen molar-refractivity contribution in [1.29, 1.82) is 0 Å². The van der Waals surface area contributed by atoms with Crippen LogP contribution >= 0.6 is 11.3 Å². The summed E-state index contributed by atoms with van der Waals surface area (Å²) in [6.07, 6.45) is 7.11. The summed E-state index contributed by atoms with van der Waals surface area (Å²) in [5.74, 6) is 1.06. The standard InChI is InChI=1S/C22H24N2O2S/c1-16-9-11-17(12-10-16)20-15-27-22(23-20)24(14-19-8-5-13-26-19)21(25)18-6-3-2-4-7-18/h5,8-13,15,18H,2-4,6-7,14H2,1H3. The Balaban J connectivity index is 1.61. The number of thiazole rings is 1. The van der Waals surface area contributed by atoms with Crippen LogP contribution in [0.15, 0.2) is 52.5 Å². The van der Waals surface area contributed by atoms with Crippen LogP contribution in [0, 0.1) is 12.8 Å². The van der Waals surface area contributed by atoms with E-state index in [0.29, 0.717) is 6.54 Å². The van der Waals surface area contributed by atoms with E-state index in [1.54, 1.807) is 6.26 Å². The fraction of sp³-hybridized carbons (Fsp3) is 0.364. The number of aromatic nitrogens is 1. The highest BCUT2D eigenvalue weighted by Crippen LogP contribution is 2.32. The molecule has 2 aromatic heterocycles. The van der Waals surface area contributed by atoms with Gasteiger partial charge in [-0.25, -0.2) is 4.98 Å². The van der Waals surface area contributed by atoms with Crippen molar-refractivity contribution in [3.63, 3.8) is 0 Å². The lowest BCUT2D eigenvalue weighted by Crippen LogP contribution is -2.36. The van der Waals surface area contributed by atoms with Gasteiger partial charge in [0.1, 0.15) is 5.76 Å². The van der Waals surface area contributed by atoms with E-state index in [1.165, 1.54) is 23.3 Å². The number of aryl methyl sites for hydroxylation is 1. The van der Waals surface area contributed by atoms with E-state index in [9.17, 15) is 4.79 Å². The Bertz CT molecular complexity index is 877. The first-order valence-corrected chi connectivity index (χ1v) is 10.4. The number of furan rings is 1. The molecular formula is C22H24N2O2S. The molecule has 1 aliphatic rings. The highest BCUT2D eigenvalue weighted by Gasteiger charge is 2.29. The van der Waals surface area contributed by atoms with Gasteiger partial charge in [0, 0.05) is 16.9 Å². The minimum Gasteiger partial charge on any atom is -0.467 e. The molecule has 5 heteroatoms. The maximum Gasteiger partial charge on any atom is 0.232 e. The van der Waals surface area contributed by atoms with Crippen LogP contribution in [0.25, 0.3) is 11.3 Å². The Morgan fingerprint density at radius 2 is 1.96 bits per heavy atom. The molecule has 3 aromatic rings. The van der Waals surface area contributed by atoms with Crippen LogP contribution in [0.1, 0.15) is 43.4 Å². The third kappa shape index (κ3) is 4.14. The second-order valence-electron chi connectivity index (χ2n) is 7.22. The second-order valence-corrected chi connectivity index (χ2v) is 8.06. The average molecular weight is 381 g/mol. The first-order chi connectivity index (χ1) is 13.2. The number of rotatable bonds is 5. The normalized spacial score (nSPS) is 15.0. The van der Waals surface area contributed by atoms with Crippen molar-refractivity contribution in [2.75, 3.05) is 4.90 Å². The molecule has 1 amide bonds. The number of carbonyl (C=O) groups is 1. The van der Waals surface area contributed by atoms with E-state index in [4.69, 9.17) is 9.40 Å². The van der Waals surface area contributed by atoms with Crippen LogP contribution in [0.2, 0.25) is 0 Å². The van der Waals surface area contributed by atoms with Crippen molar-refractivity contribution in [1.82, 2.24) is 4.98 Å². The van der Waals surface area contributed by atoms with Crippen molar-refractivity contribution in [3.05, 3.63) is 59.4 Å². The number of benzene rings is 1. The molecule has 1 aliphatic carbocycles. The quantitative estimate of drug-likeness (QED) is 0.560. The van der Waals surface area contributed by atoms with Gasteiger partial charge in [0.15, 0.2) is 5.13 Å². The van der Waals surface area contributed by atoms with E-state index in [0.717, 1.165) is 47.8 Å². The lowest BCUT2D eigenvalue weighted by Gasteiger charge is -2.27. The number of anilines is 1. The lowest BCUT2D eigenvalue weighted by molar-refractivity contribution is -0.123. The maximum atomic E-state index is 13.3. The predicted molar refractivity (Wildman–Crippen MR) is 109 cm³/mol. The monoisotopic (exact) mass is 380 g/mol. The SMILES string of the molecule is Cc1ccc(-c2csc(N(Cc3ccco3)C(=O)C3CCCCC3)n2)cc1. The molecule has 0 spiro atoms. The molecule has 0 bridgehead atoms. The number of nitrogens with zero attached hydrogens (tertiary/aromatic N) is 2. The summed E-state index contributed by atoms with van der Waals surface area (Å²) in [6, 6.07) is 12.1. The van der Waals surface area contributed by atoms with Crippen molar-refractivity contribution in [2.24, 2.45) is 5.92 Å². The van der Waals surface area contributed by atoms with E-state index < -0.39 is 0 Å². The van der Waals surface area contributed by atoms with Crippen LogP contribution in [0.5, 0.6) is 0 Å². The molecule has 0 radical (unpaired) electrons. The van der Waals surface area contributed by atoms with Gasteiger partial charge in [0.2, 0.25) is 5.91 Å². The number of hydrogen-bond acceptors (Lipinski definition) is 4. The highest BCUT2D eigenvalue weighted by atomic mass is 32.1. The Hall–Kier alpha value is -2.40. The highest BCUT2D eigenvalue weighted by molar-refractivity contribution is 7.14. The van der Waals surface area contributed by atoms with E-state index in [-0.39, 0.29) is 11.8 Å². The molecule has 0 N–H and O–H groups in total. The third-order valence-corrected chi connectivity index (χ3v) is 6.05. The van der Waals surface area contributed by atoms with Gasteiger partial charge in [0.25, 0.3) is 0 Å². The molecule has 0 saturated heterocycles. The predicted octanol–water partition coefficient (Wildman–Crippen LogP) is 5.83. The first kappa shape index (κ1) is 18.0. The zero-order valence-corrected chi connectivity index (χ0v) is 16.4. The summed E-state index contributed by atoms with van der Waals surface area (Å²) in [5.41, 5.74) is 3.21. The topological polar surface area (TPSA) is 46.3 Å². The molecule has 1 fully saturated rings. The molecule has 0 unspecified atom stereocenters. The third-order valence-electron chi connectivity index (χ3n) is 5.18. The fourth-order valence-corrected chi connectivity index (χ4v) is 4.45. The van der Waals surface area contributed by atoms with Crippen molar-refractivity contribution in [2.45, 2.75) is 45.6 Å². The molecule has 2 heterocycles. The van der Waals surface area contributed by atoms with Crippen molar-refractivity contribution in [3.8, 4) is 11.3 Å². The molecule has 140 valence electrons. The average Bonchev–Trinajstić information content (AvgIpc) is 3.39. The summed E-state index contributed by atoms with van der Waals surface area (Å²) < 4.78 is 5.51. The van der Waals surface area contributed by atoms with Crippen LogP contribution in [-0.4, -0.2) is 10.9 Å². The Morgan fingerprint density at radius 3 is 2.67 bits per heavy atom. The molecular weight excluding hydrogens is 356 g/mol. The maximum absolute atomic E-state index is 13.3. The Kier molecular flexibility index (Phi) is 5.39. The molecule has 4 nitrogen and oxygen atoms in total.